The summed E-state index contributed by atoms with van der Waals surface area (Å²) in [7, 11) is -3.63. The molecule has 0 aliphatic carbocycles. The minimum Gasteiger partial charge on any atom is -0.281 e. The molecule has 0 amide bonds. The molecular formula is C14H10Br2N2O2S. The average Bonchev–Trinajstić information content (AvgIpc) is 2.43. The molecular weight excluding hydrogens is 420 g/mol. The Morgan fingerprint density at radius 2 is 1.67 bits per heavy atom. The second-order valence-corrected chi connectivity index (χ2v) is 7.66. The lowest BCUT2D eigenvalue weighted by Crippen LogP contribution is -2.16. The van der Waals surface area contributed by atoms with Crippen molar-refractivity contribution >= 4 is 47.6 Å². The lowest BCUT2D eigenvalue weighted by Gasteiger charge is -2.12. The van der Waals surface area contributed by atoms with E-state index in [-0.39, 0.29) is 5.75 Å². The van der Waals surface area contributed by atoms with Gasteiger partial charge in [-0.2, -0.15) is 5.26 Å². The first kappa shape index (κ1) is 16.0. The molecule has 7 heteroatoms. The third-order valence-electron chi connectivity index (χ3n) is 2.70. The molecule has 0 aliphatic rings. The Morgan fingerprint density at radius 3 is 2.29 bits per heavy atom. The molecule has 0 radical (unpaired) electrons. The number of rotatable bonds is 4. The molecule has 4 nitrogen and oxygen atoms in total. The largest absolute Gasteiger partial charge is 0.281 e. The van der Waals surface area contributed by atoms with Gasteiger partial charge in [-0.15, -0.1) is 0 Å². The van der Waals surface area contributed by atoms with E-state index in [2.05, 4.69) is 36.6 Å². The summed E-state index contributed by atoms with van der Waals surface area (Å²) in [6.45, 7) is 0. The highest BCUT2D eigenvalue weighted by molar-refractivity contribution is 9.11. The summed E-state index contributed by atoms with van der Waals surface area (Å²) >= 11 is 6.61. The smallest absolute Gasteiger partial charge is 0.237 e. The lowest BCUT2D eigenvalue weighted by atomic mass is 10.1. The quantitative estimate of drug-likeness (QED) is 0.797. The highest BCUT2D eigenvalue weighted by atomic mass is 79.9. The topological polar surface area (TPSA) is 70.0 Å². The maximum atomic E-state index is 12.3. The molecule has 0 fully saturated rings. The number of benzene rings is 2. The number of sulfonamides is 1. The predicted octanol–water partition coefficient (Wildman–Crippen LogP) is 4.03. The zero-order chi connectivity index (χ0) is 15.5. The Balaban J connectivity index is 2.30. The summed E-state index contributed by atoms with van der Waals surface area (Å²) < 4.78 is 28.3. The Labute approximate surface area is 140 Å². The number of nitriles is 1. The zero-order valence-corrected chi connectivity index (χ0v) is 14.7. The number of para-hydroxylation sites is 1. The standard InChI is InChI=1S/C14H10Br2N2O2S/c15-12-6-3-7-13(16)14(12)18-21(19,20)9-11-5-2-1-4-10(11)8-17/h1-7,18H,9H2. The number of hydrogen-bond donors (Lipinski definition) is 1. The van der Waals surface area contributed by atoms with Gasteiger partial charge in [-0.1, -0.05) is 24.3 Å². The van der Waals surface area contributed by atoms with Crippen LogP contribution in [0.15, 0.2) is 51.4 Å². The molecule has 0 saturated carbocycles. The van der Waals surface area contributed by atoms with Gasteiger partial charge in [-0.05, 0) is 55.6 Å². The molecule has 0 heterocycles. The first-order valence-electron chi connectivity index (χ1n) is 5.85. The van der Waals surface area contributed by atoms with Crippen molar-refractivity contribution < 1.29 is 8.42 Å². The van der Waals surface area contributed by atoms with E-state index in [9.17, 15) is 8.42 Å². The molecule has 2 rings (SSSR count). The van der Waals surface area contributed by atoms with Gasteiger partial charge in [0.25, 0.3) is 0 Å². The van der Waals surface area contributed by atoms with Crippen LogP contribution in [0.5, 0.6) is 0 Å². The van der Waals surface area contributed by atoms with E-state index in [1.807, 2.05) is 6.07 Å². The van der Waals surface area contributed by atoms with Crippen LogP contribution in [0.3, 0.4) is 0 Å². The van der Waals surface area contributed by atoms with Crippen LogP contribution in [-0.2, 0) is 15.8 Å². The third-order valence-corrected chi connectivity index (χ3v) is 5.23. The molecule has 2 aromatic rings. The summed E-state index contributed by atoms with van der Waals surface area (Å²) in [6.07, 6.45) is 0. The molecule has 0 unspecified atom stereocenters. The summed E-state index contributed by atoms with van der Waals surface area (Å²) in [6, 6.07) is 13.9. The van der Waals surface area contributed by atoms with Crippen molar-refractivity contribution in [2.75, 3.05) is 4.72 Å². The van der Waals surface area contributed by atoms with Gasteiger partial charge in [-0.25, -0.2) is 8.42 Å². The summed E-state index contributed by atoms with van der Waals surface area (Å²) in [5, 5.41) is 9.01. The number of nitrogens with zero attached hydrogens (tertiary/aromatic N) is 1. The van der Waals surface area contributed by atoms with Gasteiger partial charge >= 0.3 is 0 Å². The van der Waals surface area contributed by atoms with Gasteiger partial charge in [0.2, 0.25) is 10.0 Å². The minimum atomic E-state index is -3.63. The highest BCUT2D eigenvalue weighted by Gasteiger charge is 2.17. The molecule has 0 atom stereocenters. The van der Waals surface area contributed by atoms with E-state index in [4.69, 9.17) is 5.26 Å². The molecule has 2 aromatic carbocycles. The monoisotopic (exact) mass is 428 g/mol. The number of nitrogens with one attached hydrogen (secondary N) is 1. The molecule has 0 aliphatic heterocycles. The van der Waals surface area contributed by atoms with Crippen molar-refractivity contribution in [2.45, 2.75) is 5.75 Å². The maximum absolute atomic E-state index is 12.3. The fraction of sp³-hybridized carbons (Fsp3) is 0.0714. The van der Waals surface area contributed by atoms with Crippen molar-refractivity contribution in [1.29, 1.82) is 5.26 Å². The van der Waals surface area contributed by atoms with E-state index >= 15 is 0 Å². The molecule has 0 bridgehead atoms. The van der Waals surface area contributed by atoms with Gasteiger partial charge < -0.3 is 0 Å². The maximum Gasteiger partial charge on any atom is 0.237 e. The van der Waals surface area contributed by atoms with Crippen LogP contribution in [-0.4, -0.2) is 8.42 Å². The van der Waals surface area contributed by atoms with Gasteiger partial charge in [0.15, 0.2) is 0 Å². The van der Waals surface area contributed by atoms with Crippen molar-refractivity contribution in [1.82, 2.24) is 0 Å². The number of anilines is 1. The summed E-state index contributed by atoms with van der Waals surface area (Å²) in [4.78, 5) is 0. The van der Waals surface area contributed by atoms with E-state index in [0.29, 0.717) is 25.8 Å². The van der Waals surface area contributed by atoms with Crippen LogP contribution in [0, 0.1) is 11.3 Å². The van der Waals surface area contributed by atoms with E-state index in [1.165, 1.54) is 0 Å². The normalized spacial score (nSPS) is 10.9. The zero-order valence-electron chi connectivity index (χ0n) is 10.7. The second kappa shape index (κ2) is 6.60. The van der Waals surface area contributed by atoms with E-state index in [1.54, 1.807) is 42.5 Å². The van der Waals surface area contributed by atoms with Crippen LogP contribution in [0.25, 0.3) is 0 Å². The molecule has 0 saturated heterocycles. The van der Waals surface area contributed by atoms with Crippen molar-refractivity contribution in [3.05, 3.63) is 62.5 Å². The van der Waals surface area contributed by atoms with Crippen LogP contribution in [0.1, 0.15) is 11.1 Å². The molecule has 108 valence electrons. The Kier molecular flexibility index (Phi) is 5.04. The van der Waals surface area contributed by atoms with Crippen LogP contribution in [0.4, 0.5) is 5.69 Å². The first-order valence-corrected chi connectivity index (χ1v) is 9.09. The van der Waals surface area contributed by atoms with E-state index in [0.717, 1.165) is 0 Å². The van der Waals surface area contributed by atoms with Gasteiger partial charge in [-0.3, -0.25) is 4.72 Å². The van der Waals surface area contributed by atoms with Crippen LogP contribution >= 0.6 is 31.9 Å². The SMILES string of the molecule is N#Cc1ccccc1CS(=O)(=O)Nc1c(Br)cccc1Br. The van der Waals surface area contributed by atoms with Crippen molar-refractivity contribution in [2.24, 2.45) is 0 Å². The Hall–Kier alpha value is -1.36. The summed E-state index contributed by atoms with van der Waals surface area (Å²) in [5.74, 6) is -0.259. The Morgan fingerprint density at radius 1 is 1.05 bits per heavy atom. The fourth-order valence-corrected chi connectivity index (χ4v) is 4.47. The number of hydrogen-bond acceptors (Lipinski definition) is 3. The third kappa shape index (κ3) is 4.06. The molecule has 21 heavy (non-hydrogen) atoms. The number of halogens is 2. The van der Waals surface area contributed by atoms with Gasteiger partial charge in [0.05, 0.1) is 23.1 Å². The van der Waals surface area contributed by atoms with Gasteiger partial charge in [0, 0.05) is 8.95 Å². The van der Waals surface area contributed by atoms with Crippen molar-refractivity contribution in [3.63, 3.8) is 0 Å². The fourth-order valence-electron chi connectivity index (χ4n) is 1.75. The molecule has 0 spiro atoms. The molecule has 0 aromatic heterocycles. The minimum absolute atomic E-state index is 0.259. The predicted molar refractivity (Wildman–Crippen MR) is 89.2 cm³/mol. The highest BCUT2D eigenvalue weighted by Crippen LogP contribution is 2.31. The first-order chi connectivity index (χ1) is 9.93. The lowest BCUT2D eigenvalue weighted by molar-refractivity contribution is 0.600. The van der Waals surface area contributed by atoms with Crippen LogP contribution in [0.2, 0.25) is 0 Å². The van der Waals surface area contributed by atoms with Crippen LogP contribution < -0.4 is 4.72 Å². The summed E-state index contributed by atoms with van der Waals surface area (Å²) in [5.41, 5.74) is 1.26. The molecule has 1 N–H and O–H groups in total. The second-order valence-electron chi connectivity index (χ2n) is 4.23. The average molecular weight is 430 g/mol. The van der Waals surface area contributed by atoms with Gasteiger partial charge in [0.1, 0.15) is 0 Å². The van der Waals surface area contributed by atoms with E-state index < -0.39 is 10.0 Å². The van der Waals surface area contributed by atoms with Crippen molar-refractivity contribution in [3.8, 4) is 6.07 Å². The Bertz CT molecular complexity index is 794.